The second kappa shape index (κ2) is 8.24. The average Bonchev–Trinajstić information content (AvgIpc) is 3.42. The van der Waals surface area contributed by atoms with E-state index in [2.05, 4.69) is 53.6 Å². The molecule has 0 aliphatic heterocycles. The van der Waals surface area contributed by atoms with Gasteiger partial charge in [-0.25, -0.2) is 9.67 Å². The van der Waals surface area contributed by atoms with E-state index in [9.17, 15) is 0 Å². The van der Waals surface area contributed by atoms with Gasteiger partial charge in [0.1, 0.15) is 0 Å². The van der Waals surface area contributed by atoms with Crippen molar-refractivity contribution >= 4 is 27.5 Å². The van der Waals surface area contributed by atoms with Gasteiger partial charge in [0.15, 0.2) is 5.82 Å². The topological polar surface area (TPSA) is 90.1 Å². The first-order valence-electron chi connectivity index (χ1n) is 8.95. The van der Waals surface area contributed by atoms with Gasteiger partial charge in [-0.15, -0.1) is 10.2 Å². The number of tetrazole rings is 1. The molecule has 3 aromatic heterocycles. The molecule has 0 radical (unpaired) electrons. The van der Waals surface area contributed by atoms with Crippen molar-refractivity contribution in [2.75, 3.05) is 0 Å². The highest BCUT2D eigenvalue weighted by Gasteiger charge is 2.14. The first-order valence-corrected chi connectivity index (χ1v) is 10.1. The summed E-state index contributed by atoms with van der Waals surface area (Å²) in [5.41, 5.74) is 2.91. The number of halogens is 2. The number of hydrogen-bond acceptors (Lipinski definition) is 5. The molecule has 4 aromatic rings. The van der Waals surface area contributed by atoms with Crippen LogP contribution in [-0.4, -0.2) is 40.0 Å². The normalized spacial score (nSPS) is 11.2. The van der Waals surface area contributed by atoms with E-state index >= 15 is 0 Å². The maximum absolute atomic E-state index is 6.24. The molecule has 144 valence electrons. The van der Waals surface area contributed by atoms with E-state index in [1.165, 1.54) is 0 Å². The van der Waals surface area contributed by atoms with Crippen molar-refractivity contribution in [3.05, 3.63) is 57.7 Å². The summed E-state index contributed by atoms with van der Waals surface area (Å²) in [6, 6.07) is 12.1. The molecule has 10 heteroatoms. The summed E-state index contributed by atoms with van der Waals surface area (Å²) < 4.78 is 4.65. The lowest BCUT2D eigenvalue weighted by molar-refractivity contribution is 0.661. The van der Waals surface area contributed by atoms with Gasteiger partial charge in [0.25, 0.3) is 0 Å². The maximum atomic E-state index is 6.24. The molecule has 0 saturated carbocycles. The van der Waals surface area contributed by atoms with Crippen molar-refractivity contribution in [1.29, 1.82) is 0 Å². The third-order valence-corrected chi connectivity index (χ3v) is 5.26. The predicted molar refractivity (Wildman–Crippen MR) is 109 cm³/mol. The fourth-order valence-electron chi connectivity index (χ4n) is 2.95. The van der Waals surface area contributed by atoms with E-state index in [1.807, 2.05) is 41.0 Å². The minimum Gasteiger partial charge on any atom is -0.301 e. The van der Waals surface area contributed by atoms with E-state index < -0.39 is 0 Å². The summed E-state index contributed by atoms with van der Waals surface area (Å²) in [4.78, 5) is 4.34. The lowest BCUT2D eigenvalue weighted by Gasteiger charge is -2.10. The molecule has 0 spiro atoms. The number of benzene rings is 1. The molecular weight excluding hydrogens is 444 g/mol. The lowest BCUT2D eigenvalue weighted by atomic mass is 10.2. The van der Waals surface area contributed by atoms with Crippen LogP contribution < -0.4 is 0 Å². The van der Waals surface area contributed by atoms with Crippen LogP contribution in [0.3, 0.4) is 0 Å². The average molecular weight is 462 g/mol. The molecular formula is C18H18BrClN8. The fourth-order valence-corrected chi connectivity index (χ4v) is 3.67. The van der Waals surface area contributed by atoms with Crippen LogP contribution in [0.15, 0.2) is 41.0 Å². The minimum absolute atomic E-state index is 0.419. The molecule has 0 aliphatic carbocycles. The summed E-state index contributed by atoms with van der Waals surface area (Å²) >= 11 is 9.82. The van der Waals surface area contributed by atoms with E-state index in [0.29, 0.717) is 17.7 Å². The summed E-state index contributed by atoms with van der Waals surface area (Å²) in [7, 11) is 0. The Bertz CT molecular complexity index is 1050. The Morgan fingerprint density at radius 2 is 1.96 bits per heavy atom. The first-order chi connectivity index (χ1) is 13.7. The zero-order valence-electron chi connectivity index (χ0n) is 15.2. The second-order valence-electron chi connectivity index (χ2n) is 6.34. The highest BCUT2D eigenvalue weighted by Crippen LogP contribution is 2.27. The Hall–Kier alpha value is -2.52. The van der Waals surface area contributed by atoms with Crippen molar-refractivity contribution in [2.24, 2.45) is 0 Å². The van der Waals surface area contributed by atoms with Crippen LogP contribution in [0.4, 0.5) is 0 Å². The van der Waals surface area contributed by atoms with Gasteiger partial charge >= 0.3 is 0 Å². The molecule has 0 atom stereocenters. The number of H-pyrrole nitrogens is 1. The summed E-state index contributed by atoms with van der Waals surface area (Å²) in [6.07, 6.45) is 3.01. The summed E-state index contributed by atoms with van der Waals surface area (Å²) in [6.45, 7) is 2.72. The number of aryl methyl sites for hydroxylation is 1. The number of aromatic amines is 1. The van der Waals surface area contributed by atoms with Gasteiger partial charge in [-0.05, 0) is 69.0 Å². The van der Waals surface area contributed by atoms with Crippen molar-refractivity contribution in [2.45, 2.75) is 32.7 Å². The van der Waals surface area contributed by atoms with Crippen LogP contribution in [0.1, 0.15) is 31.2 Å². The van der Waals surface area contributed by atoms with Gasteiger partial charge in [-0.2, -0.15) is 10.3 Å². The molecule has 1 aromatic carbocycles. The van der Waals surface area contributed by atoms with Crippen LogP contribution in [0.2, 0.25) is 5.28 Å². The Labute approximate surface area is 175 Å². The largest absolute Gasteiger partial charge is 0.301 e. The standard InChI is InChI=1S/C18H18BrClN8/c1-2-3-4-16-21-18(20)27(24-16)11-12-5-7-13(8-6-12)28-14(9-10-15(28)19)17-22-25-26-23-17/h5-10H,2-4,11H2,1H3,(H,22,23,25,26). The number of aromatic nitrogens is 8. The molecule has 3 heterocycles. The number of rotatable bonds is 7. The Balaban J connectivity index is 1.56. The Kier molecular flexibility index (Phi) is 5.54. The van der Waals surface area contributed by atoms with E-state index in [4.69, 9.17) is 11.6 Å². The molecule has 0 fully saturated rings. The first kappa shape index (κ1) is 18.8. The fraction of sp³-hybridized carbons (Fsp3) is 0.278. The molecule has 28 heavy (non-hydrogen) atoms. The summed E-state index contributed by atoms with van der Waals surface area (Å²) in [5.74, 6) is 1.33. The zero-order chi connectivity index (χ0) is 19.5. The number of nitrogens with one attached hydrogen (secondary N) is 1. The van der Waals surface area contributed by atoms with E-state index in [1.54, 1.807) is 4.68 Å². The predicted octanol–water partition coefficient (Wildman–Crippen LogP) is 4.06. The lowest BCUT2D eigenvalue weighted by Crippen LogP contribution is -2.04. The molecule has 0 unspecified atom stereocenters. The maximum Gasteiger partial charge on any atom is 0.221 e. The smallest absolute Gasteiger partial charge is 0.221 e. The molecule has 4 rings (SSSR count). The molecule has 8 nitrogen and oxygen atoms in total. The Morgan fingerprint density at radius 3 is 2.68 bits per heavy atom. The van der Waals surface area contributed by atoms with Crippen LogP contribution in [-0.2, 0) is 13.0 Å². The molecule has 0 bridgehead atoms. The number of unbranched alkanes of at least 4 members (excludes halogenated alkanes) is 1. The second-order valence-corrected chi connectivity index (χ2v) is 7.49. The van der Waals surface area contributed by atoms with Gasteiger partial charge in [0, 0.05) is 12.1 Å². The van der Waals surface area contributed by atoms with Crippen LogP contribution in [0.25, 0.3) is 17.2 Å². The third-order valence-electron chi connectivity index (χ3n) is 4.36. The molecule has 0 saturated heterocycles. The highest BCUT2D eigenvalue weighted by molar-refractivity contribution is 9.10. The molecule has 1 N–H and O–H groups in total. The quantitative estimate of drug-likeness (QED) is 0.448. The monoisotopic (exact) mass is 460 g/mol. The third kappa shape index (κ3) is 3.85. The number of nitrogens with zero attached hydrogens (tertiary/aromatic N) is 7. The molecule has 0 aliphatic rings. The Morgan fingerprint density at radius 1 is 1.14 bits per heavy atom. The highest BCUT2D eigenvalue weighted by atomic mass is 79.9. The van der Waals surface area contributed by atoms with Gasteiger partial charge in [0.2, 0.25) is 11.1 Å². The van der Waals surface area contributed by atoms with Gasteiger partial charge in [-0.3, -0.25) is 0 Å². The zero-order valence-corrected chi connectivity index (χ0v) is 17.5. The van der Waals surface area contributed by atoms with Crippen molar-refractivity contribution < 1.29 is 0 Å². The SMILES string of the molecule is CCCCc1nc(Cl)n(Cc2ccc(-n3c(Br)ccc3-c3nn[nH]n3)cc2)n1. The van der Waals surface area contributed by atoms with Crippen molar-refractivity contribution in [3.8, 4) is 17.2 Å². The van der Waals surface area contributed by atoms with E-state index in [0.717, 1.165) is 46.6 Å². The minimum atomic E-state index is 0.419. The number of hydrogen-bond donors (Lipinski definition) is 1. The van der Waals surface area contributed by atoms with Gasteiger partial charge in [-0.1, -0.05) is 25.5 Å². The van der Waals surface area contributed by atoms with Crippen LogP contribution in [0.5, 0.6) is 0 Å². The van der Waals surface area contributed by atoms with Crippen LogP contribution in [0, 0.1) is 0 Å². The van der Waals surface area contributed by atoms with Crippen molar-refractivity contribution in [3.63, 3.8) is 0 Å². The van der Waals surface area contributed by atoms with Crippen LogP contribution >= 0.6 is 27.5 Å². The van der Waals surface area contributed by atoms with E-state index in [-0.39, 0.29) is 0 Å². The van der Waals surface area contributed by atoms with Crippen molar-refractivity contribution in [1.82, 2.24) is 40.0 Å². The van der Waals surface area contributed by atoms with Gasteiger partial charge in [0.05, 0.1) is 16.8 Å². The molecule has 0 amide bonds. The van der Waals surface area contributed by atoms with Gasteiger partial charge < -0.3 is 4.57 Å². The summed E-state index contributed by atoms with van der Waals surface area (Å²) in [5, 5.41) is 19.2.